The fourth-order valence-corrected chi connectivity index (χ4v) is 2.82. The van der Waals surface area contributed by atoms with E-state index in [2.05, 4.69) is 11.7 Å². The second-order valence-electron chi connectivity index (χ2n) is 4.29. The van der Waals surface area contributed by atoms with E-state index in [9.17, 15) is 9.59 Å². The molecule has 3 nitrogen and oxygen atoms in total. The Balaban J connectivity index is 1.93. The van der Waals surface area contributed by atoms with Crippen LogP contribution in [0.3, 0.4) is 0 Å². The fraction of sp³-hybridized carbons (Fsp3) is 0.429. The van der Waals surface area contributed by atoms with Gasteiger partial charge in [-0.25, -0.2) is 9.59 Å². The first-order valence-electron chi connectivity index (χ1n) is 6.25. The summed E-state index contributed by atoms with van der Waals surface area (Å²) in [5, 5.41) is 0. The Morgan fingerprint density at radius 3 is 2.61 bits per heavy atom. The normalized spacial score (nSPS) is 13.6. The molecule has 1 heterocycles. The number of fused-ring (bicyclic) bond motifs is 1. The quantitative estimate of drug-likeness (QED) is 0.340. The van der Waals surface area contributed by atoms with Crippen molar-refractivity contribution in [3.63, 3.8) is 0 Å². The van der Waals surface area contributed by atoms with Crippen LogP contribution in [0.2, 0.25) is 0 Å². The van der Waals surface area contributed by atoms with Gasteiger partial charge in [0, 0.05) is 4.90 Å². The van der Waals surface area contributed by atoms with Crippen LogP contribution < -0.4 is 0 Å². The van der Waals surface area contributed by atoms with Crippen molar-refractivity contribution in [3.05, 3.63) is 29.3 Å². The number of benzene rings is 1. The van der Waals surface area contributed by atoms with E-state index in [1.807, 2.05) is 6.07 Å². The highest BCUT2D eigenvalue weighted by molar-refractivity contribution is 7.99. The lowest BCUT2D eigenvalue weighted by Gasteiger charge is -2.02. The van der Waals surface area contributed by atoms with Crippen LogP contribution in [0.15, 0.2) is 23.1 Å². The molecule has 0 aromatic heterocycles. The Hall–Kier alpha value is -1.29. The summed E-state index contributed by atoms with van der Waals surface area (Å²) in [6.45, 7) is 2.19. The molecule has 0 bridgehead atoms. The highest BCUT2D eigenvalue weighted by atomic mass is 32.2. The van der Waals surface area contributed by atoms with E-state index in [0.717, 1.165) is 10.6 Å². The van der Waals surface area contributed by atoms with Crippen LogP contribution in [0, 0.1) is 0 Å². The van der Waals surface area contributed by atoms with E-state index < -0.39 is 11.9 Å². The number of rotatable bonds is 6. The molecule has 96 valence electrons. The average Bonchev–Trinajstić information content (AvgIpc) is 2.65. The van der Waals surface area contributed by atoms with Crippen molar-refractivity contribution < 1.29 is 14.3 Å². The molecular formula is C14H16O3S. The van der Waals surface area contributed by atoms with Gasteiger partial charge in [0.05, 0.1) is 11.1 Å². The molecule has 0 saturated heterocycles. The molecule has 0 N–H and O–H groups in total. The third kappa shape index (κ3) is 2.93. The maximum atomic E-state index is 11.4. The first-order chi connectivity index (χ1) is 8.72. The van der Waals surface area contributed by atoms with Crippen molar-refractivity contribution in [1.29, 1.82) is 0 Å². The largest absolute Gasteiger partial charge is 0.386 e. The summed E-state index contributed by atoms with van der Waals surface area (Å²) >= 11 is 1.72. The molecule has 4 heteroatoms. The number of thioether (sulfide) groups is 1. The zero-order chi connectivity index (χ0) is 13.0. The van der Waals surface area contributed by atoms with Gasteiger partial charge < -0.3 is 4.74 Å². The maximum absolute atomic E-state index is 11.4. The topological polar surface area (TPSA) is 43.4 Å². The molecule has 18 heavy (non-hydrogen) atoms. The Kier molecular flexibility index (Phi) is 4.42. The van der Waals surface area contributed by atoms with Gasteiger partial charge in [-0.1, -0.05) is 26.2 Å². The lowest BCUT2D eigenvalue weighted by atomic mass is 10.1. The third-order valence-corrected chi connectivity index (χ3v) is 3.96. The first-order valence-corrected chi connectivity index (χ1v) is 7.24. The van der Waals surface area contributed by atoms with Crippen molar-refractivity contribution in [1.82, 2.24) is 0 Å². The minimum atomic E-state index is -0.533. The van der Waals surface area contributed by atoms with Crippen LogP contribution in [-0.2, 0) is 4.74 Å². The predicted octanol–water partition coefficient (Wildman–Crippen LogP) is 3.67. The number of hydrogen-bond donors (Lipinski definition) is 0. The summed E-state index contributed by atoms with van der Waals surface area (Å²) in [6.07, 6.45) is 4.93. The van der Waals surface area contributed by atoms with Crippen molar-refractivity contribution in [3.8, 4) is 0 Å². The lowest BCUT2D eigenvalue weighted by molar-refractivity contribution is 0.0444. The van der Waals surface area contributed by atoms with Crippen molar-refractivity contribution in [2.45, 2.75) is 37.5 Å². The molecule has 0 saturated carbocycles. The predicted molar refractivity (Wildman–Crippen MR) is 71.1 cm³/mol. The average molecular weight is 264 g/mol. The molecule has 0 radical (unpaired) electrons. The number of carbonyl (C=O) groups excluding carboxylic acids is 2. The fourth-order valence-electron chi connectivity index (χ4n) is 1.87. The molecule has 0 unspecified atom stereocenters. The van der Waals surface area contributed by atoms with Crippen LogP contribution in [0.5, 0.6) is 0 Å². The molecule has 0 atom stereocenters. The maximum Gasteiger partial charge on any atom is 0.346 e. The summed E-state index contributed by atoms with van der Waals surface area (Å²) < 4.78 is 4.56. The van der Waals surface area contributed by atoms with E-state index >= 15 is 0 Å². The molecule has 1 aliphatic heterocycles. The minimum Gasteiger partial charge on any atom is -0.386 e. The highest BCUT2D eigenvalue weighted by Gasteiger charge is 2.29. The van der Waals surface area contributed by atoms with Gasteiger partial charge >= 0.3 is 11.9 Å². The summed E-state index contributed by atoms with van der Waals surface area (Å²) in [6, 6.07) is 5.31. The van der Waals surface area contributed by atoms with Gasteiger partial charge in [0.25, 0.3) is 0 Å². The van der Waals surface area contributed by atoms with Gasteiger partial charge in [0.15, 0.2) is 0 Å². The van der Waals surface area contributed by atoms with Gasteiger partial charge in [-0.2, -0.15) is 0 Å². The molecule has 2 rings (SSSR count). The van der Waals surface area contributed by atoms with E-state index in [1.54, 1.807) is 23.9 Å². The van der Waals surface area contributed by atoms with E-state index in [0.29, 0.717) is 11.1 Å². The molecule has 0 aliphatic carbocycles. The first kappa shape index (κ1) is 13.1. The van der Waals surface area contributed by atoms with Gasteiger partial charge in [-0.05, 0) is 30.4 Å². The number of carbonyl (C=O) groups is 2. The lowest BCUT2D eigenvalue weighted by Crippen LogP contribution is -1.96. The molecular weight excluding hydrogens is 248 g/mol. The molecule has 0 amide bonds. The number of unbranched alkanes of at least 4 members (excludes halogenated alkanes) is 3. The second-order valence-corrected chi connectivity index (χ2v) is 5.46. The van der Waals surface area contributed by atoms with Gasteiger partial charge in [0.1, 0.15) is 0 Å². The Morgan fingerprint density at radius 1 is 1.06 bits per heavy atom. The smallest absolute Gasteiger partial charge is 0.346 e. The number of hydrogen-bond acceptors (Lipinski definition) is 4. The summed E-state index contributed by atoms with van der Waals surface area (Å²) in [5.74, 6) is -0.0140. The molecule has 1 aromatic rings. The van der Waals surface area contributed by atoms with E-state index in [-0.39, 0.29) is 0 Å². The minimum absolute atomic E-state index is 0.385. The van der Waals surface area contributed by atoms with E-state index in [1.165, 1.54) is 25.7 Å². The van der Waals surface area contributed by atoms with Crippen LogP contribution >= 0.6 is 11.8 Å². The zero-order valence-electron chi connectivity index (χ0n) is 10.4. The Bertz CT molecular complexity index is 468. The zero-order valence-corrected chi connectivity index (χ0v) is 11.2. The highest BCUT2D eigenvalue weighted by Crippen LogP contribution is 2.27. The van der Waals surface area contributed by atoms with Crippen molar-refractivity contribution >= 4 is 23.7 Å². The Labute approximate surface area is 111 Å². The number of ether oxygens (including phenoxy) is 1. The third-order valence-electron chi connectivity index (χ3n) is 2.88. The molecule has 1 aliphatic rings. The van der Waals surface area contributed by atoms with Crippen LogP contribution in [0.4, 0.5) is 0 Å². The second kappa shape index (κ2) is 6.05. The standard InChI is InChI=1S/C14H16O3S/c1-2-3-4-5-8-18-10-6-7-11-12(9-10)14(16)17-13(11)15/h6-7,9H,2-5,8H2,1H3. The van der Waals surface area contributed by atoms with Crippen LogP contribution in [-0.4, -0.2) is 17.7 Å². The van der Waals surface area contributed by atoms with Gasteiger partial charge in [0.2, 0.25) is 0 Å². The van der Waals surface area contributed by atoms with E-state index in [4.69, 9.17) is 0 Å². The molecule has 0 fully saturated rings. The summed E-state index contributed by atoms with van der Waals surface area (Å²) in [7, 11) is 0. The number of cyclic esters (lactones) is 2. The monoisotopic (exact) mass is 264 g/mol. The molecule has 0 spiro atoms. The number of esters is 2. The van der Waals surface area contributed by atoms with Gasteiger partial charge in [-0.3, -0.25) is 0 Å². The SMILES string of the molecule is CCCCCCSc1ccc2c(c1)C(=O)OC2=O. The summed E-state index contributed by atoms with van der Waals surface area (Å²) in [4.78, 5) is 23.7. The summed E-state index contributed by atoms with van der Waals surface area (Å²) in [5.41, 5.74) is 0.786. The molecule has 1 aromatic carbocycles. The van der Waals surface area contributed by atoms with Crippen LogP contribution in [0.25, 0.3) is 0 Å². The van der Waals surface area contributed by atoms with Gasteiger partial charge in [-0.15, -0.1) is 11.8 Å². The Morgan fingerprint density at radius 2 is 1.83 bits per heavy atom. The van der Waals surface area contributed by atoms with Crippen LogP contribution in [0.1, 0.15) is 53.3 Å². The van der Waals surface area contributed by atoms with Crippen molar-refractivity contribution in [2.24, 2.45) is 0 Å². The van der Waals surface area contributed by atoms with Crippen molar-refractivity contribution in [2.75, 3.05) is 5.75 Å².